The molecule has 1 unspecified atom stereocenters. The lowest BCUT2D eigenvalue weighted by Crippen LogP contribution is -2.40. The first-order valence-corrected chi connectivity index (χ1v) is 6.13. The minimum absolute atomic E-state index is 0.469. The maximum absolute atomic E-state index is 10.2. The lowest BCUT2D eigenvalue weighted by atomic mass is 9.90. The minimum Gasteiger partial charge on any atom is -0.390 e. The van der Waals surface area contributed by atoms with Gasteiger partial charge in [-0.05, 0) is 30.5 Å². The molecule has 0 radical (unpaired) electrons. The fraction of sp³-hybridized carbons (Fsp3) is 0.538. The van der Waals surface area contributed by atoms with Crippen LogP contribution < -0.4 is 0 Å². The molecule has 0 heterocycles. The van der Waals surface area contributed by atoms with Gasteiger partial charge in [0, 0.05) is 11.4 Å². The SMILES string of the molecule is OC(Cc1cccc(Cl)c1)C1(O)CCCC1. The van der Waals surface area contributed by atoms with Gasteiger partial charge in [-0.15, -0.1) is 0 Å². The molecular weight excluding hydrogens is 224 g/mol. The fourth-order valence-electron chi connectivity index (χ4n) is 2.40. The Hall–Kier alpha value is -0.570. The molecule has 1 aliphatic carbocycles. The van der Waals surface area contributed by atoms with Gasteiger partial charge >= 0.3 is 0 Å². The Morgan fingerprint density at radius 1 is 1.31 bits per heavy atom. The summed E-state index contributed by atoms with van der Waals surface area (Å²) in [6.07, 6.45) is 3.20. The van der Waals surface area contributed by atoms with Crippen LogP contribution in [0, 0.1) is 0 Å². The average Bonchev–Trinajstić information content (AvgIpc) is 2.66. The van der Waals surface area contributed by atoms with Crippen molar-refractivity contribution in [2.24, 2.45) is 0 Å². The van der Waals surface area contributed by atoms with Gasteiger partial charge in [-0.2, -0.15) is 0 Å². The molecule has 0 bridgehead atoms. The Kier molecular flexibility index (Phi) is 3.53. The first kappa shape index (κ1) is 11.9. The molecule has 3 heteroatoms. The number of rotatable bonds is 3. The van der Waals surface area contributed by atoms with Crippen molar-refractivity contribution in [1.82, 2.24) is 0 Å². The molecule has 0 spiro atoms. The second kappa shape index (κ2) is 4.74. The van der Waals surface area contributed by atoms with Gasteiger partial charge in [0.2, 0.25) is 0 Å². The topological polar surface area (TPSA) is 40.5 Å². The van der Waals surface area contributed by atoms with E-state index < -0.39 is 11.7 Å². The van der Waals surface area contributed by atoms with Gasteiger partial charge in [0.05, 0.1) is 11.7 Å². The van der Waals surface area contributed by atoms with Gasteiger partial charge in [-0.25, -0.2) is 0 Å². The van der Waals surface area contributed by atoms with Crippen molar-refractivity contribution in [1.29, 1.82) is 0 Å². The molecular formula is C13H17ClO2. The van der Waals surface area contributed by atoms with E-state index in [-0.39, 0.29) is 0 Å². The van der Waals surface area contributed by atoms with E-state index in [0.29, 0.717) is 24.3 Å². The van der Waals surface area contributed by atoms with Gasteiger partial charge in [-0.1, -0.05) is 36.6 Å². The molecule has 2 nitrogen and oxygen atoms in total. The van der Waals surface area contributed by atoms with Crippen molar-refractivity contribution in [3.05, 3.63) is 34.9 Å². The van der Waals surface area contributed by atoms with Crippen molar-refractivity contribution < 1.29 is 10.2 Å². The van der Waals surface area contributed by atoms with Crippen molar-refractivity contribution >= 4 is 11.6 Å². The van der Waals surface area contributed by atoms with E-state index in [1.165, 1.54) is 0 Å². The molecule has 0 amide bonds. The summed E-state index contributed by atoms with van der Waals surface area (Å²) in [5, 5.41) is 20.9. The number of aliphatic hydroxyl groups is 2. The third-order valence-corrected chi connectivity index (χ3v) is 3.64. The predicted molar refractivity (Wildman–Crippen MR) is 64.6 cm³/mol. The zero-order valence-electron chi connectivity index (χ0n) is 9.19. The Morgan fingerprint density at radius 2 is 2.00 bits per heavy atom. The number of benzene rings is 1. The monoisotopic (exact) mass is 240 g/mol. The highest BCUT2D eigenvalue weighted by molar-refractivity contribution is 6.30. The number of halogens is 1. The van der Waals surface area contributed by atoms with E-state index in [2.05, 4.69) is 0 Å². The smallest absolute Gasteiger partial charge is 0.0908 e. The van der Waals surface area contributed by atoms with Crippen molar-refractivity contribution in [2.75, 3.05) is 0 Å². The molecule has 0 saturated heterocycles. The van der Waals surface area contributed by atoms with Gasteiger partial charge in [0.25, 0.3) is 0 Å². The summed E-state index contributed by atoms with van der Waals surface area (Å²) in [5.74, 6) is 0. The van der Waals surface area contributed by atoms with Crippen molar-refractivity contribution in [2.45, 2.75) is 43.8 Å². The van der Waals surface area contributed by atoms with Crippen LogP contribution in [0.1, 0.15) is 31.2 Å². The highest BCUT2D eigenvalue weighted by atomic mass is 35.5. The summed E-state index contributed by atoms with van der Waals surface area (Å²) >= 11 is 5.88. The van der Waals surface area contributed by atoms with Gasteiger partial charge < -0.3 is 10.2 Å². The third kappa shape index (κ3) is 2.57. The van der Waals surface area contributed by atoms with Crippen LogP contribution in [0.2, 0.25) is 5.02 Å². The van der Waals surface area contributed by atoms with Gasteiger partial charge in [0.15, 0.2) is 0 Å². The van der Waals surface area contributed by atoms with Crippen LogP contribution in [0.3, 0.4) is 0 Å². The molecule has 0 aromatic heterocycles. The first-order chi connectivity index (χ1) is 7.60. The van der Waals surface area contributed by atoms with E-state index in [1.54, 1.807) is 0 Å². The lowest BCUT2D eigenvalue weighted by Gasteiger charge is -2.28. The molecule has 2 N–H and O–H groups in total. The third-order valence-electron chi connectivity index (χ3n) is 3.41. The summed E-state index contributed by atoms with van der Waals surface area (Å²) in [4.78, 5) is 0. The van der Waals surface area contributed by atoms with Crippen LogP contribution in [0.15, 0.2) is 24.3 Å². The summed E-state index contributed by atoms with van der Waals surface area (Å²) < 4.78 is 0. The molecule has 1 aromatic carbocycles. The molecule has 88 valence electrons. The Morgan fingerprint density at radius 3 is 2.62 bits per heavy atom. The van der Waals surface area contributed by atoms with E-state index in [4.69, 9.17) is 11.6 Å². The Labute approximate surface area is 101 Å². The Balaban J connectivity index is 2.04. The summed E-state index contributed by atoms with van der Waals surface area (Å²) in [6, 6.07) is 7.43. The van der Waals surface area contributed by atoms with Crippen LogP contribution >= 0.6 is 11.6 Å². The molecule has 0 aliphatic heterocycles. The van der Waals surface area contributed by atoms with Crippen LogP contribution in [-0.2, 0) is 6.42 Å². The second-order valence-corrected chi connectivity index (χ2v) is 5.10. The van der Waals surface area contributed by atoms with Gasteiger partial charge in [-0.3, -0.25) is 0 Å². The summed E-state index contributed by atoms with van der Waals surface area (Å²) in [7, 11) is 0. The lowest BCUT2D eigenvalue weighted by molar-refractivity contribution is -0.0689. The molecule has 16 heavy (non-hydrogen) atoms. The van der Waals surface area contributed by atoms with Crippen molar-refractivity contribution in [3.63, 3.8) is 0 Å². The molecule has 1 aliphatic rings. The standard InChI is InChI=1S/C13H17ClO2/c14-11-5-3-4-10(8-11)9-12(15)13(16)6-1-2-7-13/h3-5,8,12,15-16H,1-2,6-7,9H2. The number of hydrogen-bond acceptors (Lipinski definition) is 2. The molecule has 1 atom stereocenters. The maximum atomic E-state index is 10.2. The largest absolute Gasteiger partial charge is 0.390 e. The average molecular weight is 241 g/mol. The number of aliphatic hydroxyl groups excluding tert-OH is 1. The van der Waals surface area contributed by atoms with E-state index in [0.717, 1.165) is 18.4 Å². The molecule has 1 fully saturated rings. The zero-order chi connectivity index (χ0) is 11.6. The van der Waals surface area contributed by atoms with E-state index >= 15 is 0 Å². The minimum atomic E-state index is -0.887. The summed E-state index contributed by atoms with van der Waals surface area (Å²) in [5.41, 5.74) is 0.0859. The quantitative estimate of drug-likeness (QED) is 0.853. The zero-order valence-corrected chi connectivity index (χ0v) is 9.95. The highest BCUT2D eigenvalue weighted by Gasteiger charge is 2.38. The summed E-state index contributed by atoms with van der Waals surface area (Å²) in [6.45, 7) is 0. The normalized spacial score (nSPS) is 20.9. The highest BCUT2D eigenvalue weighted by Crippen LogP contribution is 2.33. The predicted octanol–water partition coefficient (Wildman–Crippen LogP) is 2.55. The molecule has 2 rings (SSSR count). The van der Waals surface area contributed by atoms with Crippen LogP contribution in [0.5, 0.6) is 0 Å². The molecule has 1 saturated carbocycles. The van der Waals surface area contributed by atoms with Crippen molar-refractivity contribution in [3.8, 4) is 0 Å². The maximum Gasteiger partial charge on any atom is 0.0908 e. The fourth-order valence-corrected chi connectivity index (χ4v) is 2.61. The van der Waals surface area contributed by atoms with E-state index in [9.17, 15) is 10.2 Å². The number of hydrogen-bond donors (Lipinski definition) is 2. The first-order valence-electron chi connectivity index (χ1n) is 5.75. The second-order valence-electron chi connectivity index (χ2n) is 4.66. The van der Waals surface area contributed by atoms with Crippen LogP contribution in [0.25, 0.3) is 0 Å². The molecule has 1 aromatic rings. The van der Waals surface area contributed by atoms with E-state index in [1.807, 2.05) is 24.3 Å². The van der Waals surface area contributed by atoms with Crippen LogP contribution in [-0.4, -0.2) is 21.9 Å². The van der Waals surface area contributed by atoms with Gasteiger partial charge in [0.1, 0.15) is 0 Å². The Bertz CT molecular complexity index is 359. The van der Waals surface area contributed by atoms with Crippen LogP contribution in [0.4, 0.5) is 0 Å².